The fraction of sp³-hybridized carbons (Fsp3) is 0.455. The summed E-state index contributed by atoms with van der Waals surface area (Å²) in [5.41, 5.74) is 2.63. The van der Waals surface area contributed by atoms with Crippen LogP contribution in [0.1, 0.15) is 42.1 Å². The van der Waals surface area contributed by atoms with E-state index in [1.54, 1.807) is 0 Å². The number of carboxylic acid groups (broad SMARTS) is 1. The zero-order valence-corrected chi connectivity index (χ0v) is 16.5. The van der Waals surface area contributed by atoms with Crippen LogP contribution in [-0.2, 0) is 15.9 Å². The summed E-state index contributed by atoms with van der Waals surface area (Å²) in [6, 6.07) is 9.42. The molecule has 2 fully saturated rings. The molecule has 0 aliphatic carbocycles. The number of H-pyrrole nitrogens is 1. The summed E-state index contributed by atoms with van der Waals surface area (Å²) >= 11 is 0. The fourth-order valence-electron chi connectivity index (χ4n) is 3.88. The van der Waals surface area contributed by atoms with E-state index in [0.717, 1.165) is 55.8 Å². The number of carboxylic acids is 1. The molecule has 154 valence electrons. The second-order valence-corrected chi connectivity index (χ2v) is 7.58. The summed E-state index contributed by atoms with van der Waals surface area (Å²) < 4.78 is 11.6. The lowest BCUT2D eigenvalue weighted by Crippen LogP contribution is -2.54. The highest BCUT2D eigenvalue weighted by Gasteiger charge is 2.31. The average molecular weight is 398 g/mol. The summed E-state index contributed by atoms with van der Waals surface area (Å²) in [4.78, 5) is 28.3. The van der Waals surface area contributed by atoms with E-state index in [4.69, 9.17) is 14.6 Å². The maximum absolute atomic E-state index is 12.1. The van der Waals surface area contributed by atoms with Gasteiger partial charge in [0.05, 0.1) is 11.8 Å². The van der Waals surface area contributed by atoms with E-state index in [-0.39, 0.29) is 18.0 Å². The van der Waals surface area contributed by atoms with E-state index in [1.165, 1.54) is 6.07 Å². The molecule has 2 aromatic rings. The van der Waals surface area contributed by atoms with Crippen LogP contribution in [0, 0.1) is 0 Å². The van der Waals surface area contributed by atoms with Gasteiger partial charge in [0.1, 0.15) is 5.56 Å². The third kappa shape index (κ3) is 4.21. The number of hydrogen-bond acceptors (Lipinski definition) is 5. The highest BCUT2D eigenvalue weighted by molar-refractivity contribution is 5.88. The normalized spacial score (nSPS) is 19.8. The maximum atomic E-state index is 12.1. The molecule has 0 bridgehead atoms. The predicted molar refractivity (Wildman–Crippen MR) is 110 cm³/mol. The molecule has 29 heavy (non-hydrogen) atoms. The van der Waals surface area contributed by atoms with E-state index < -0.39 is 11.5 Å². The molecular formula is C22H26N2O5. The number of pyridine rings is 1. The van der Waals surface area contributed by atoms with Crippen LogP contribution in [0.25, 0.3) is 11.3 Å². The highest BCUT2D eigenvalue weighted by atomic mass is 16.7. The number of aromatic amines is 1. The monoisotopic (exact) mass is 398 g/mol. The lowest BCUT2D eigenvalue weighted by atomic mass is 10.0. The van der Waals surface area contributed by atoms with Crippen molar-refractivity contribution in [1.82, 2.24) is 4.98 Å². The molecule has 1 atom stereocenters. The molecule has 4 rings (SSSR count). The van der Waals surface area contributed by atoms with Crippen molar-refractivity contribution in [1.29, 1.82) is 0 Å². The Labute approximate surface area is 169 Å². The predicted octanol–water partition coefficient (Wildman–Crippen LogP) is 3.03. The number of anilines is 1. The average Bonchev–Trinajstić information content (AvgIpc) is 2.71. The van der Waals surface area contributed by atoms with Crippen molar-refractivity contribution in [2.75, 3.05) is 24.6 Å². The third-order valence-electron chi connectivity index (χ3n) is 5.59. The molecule has 7 heteroatoms. The van der Waals surface area contributed by atoms with E-state index in [9.17, 15) is 9.59 Å². The van der Waals surface area contributed by atoms with Gasteiger partial charge in [0.25, 0.3) is 5.56 Å². The minimum atomic E-state index is -1.21. The van der Waals surface area contributed by atoms with Gasteiger partial charge in [0.2, 0.25) is 0 Å². The summed E-state index contributed by atoms with van der Waals surface area (Å²) in [6.07, 6.45) is 4.03. The Morgan fingerprint density at radius 3 is 2.66 bits per heavy atom. The molecule has 0 amide bonds. The SMILES string of the molecule is CCc1cc(C(=O)O)c(=O)[nH]c1-c1ccc(N2CC(OC3CCCCO3)C2)cc1. The van der Waals surface area contributed by atoms with E-state index in [2.05, 4.69) is 9.88 Å². The van der Waals surface area contributed by atoms with Crippen molar-refractivity contribution in [3.8, 4) is 11.3 Å². The number of nitrogens with zero attached hydrogens (tertiary/aromatic N) is 1. The van der Waals surface area contributed by atoms with Gasteiger partial charge in [-0.15, -0.1) is 0 Å². The molecule has 2 saturated heterocycles. The molecule has 2 aliphatic heterocycles. The molecule has 0 spiro atoms. The van der Waals surface area contributed by atoms with Crippen molar-refractivity contribution in [3.63, 3.8) is 0 Å². The van der Waals surface area contributed by atoms with Crippen LogP contribution in [0.5, 0.6) is 0 Å². The van der Waals surface area contributed by atoms with Crippen molar-refractivity contribution >= 4 is 11.7 Å². The van der Waals surface area contributed by atoms with Crippen LogP contribution >= 0.6 is 0 Å². The van der Waals surface area contributed by atoms with Crippen LogP contribution in [-0.4, -0.2) is 48.2 Å². The molecule has 2 N–H and O–H groups in total. The van der Waals surface area contributed by atoms with E-state index in [0.29, 0.717) is 12.1 Å². The number of benzene rings is 1. The highest BCUT2D eigenvalue weighted by Crippen LogP contribution is 2.28. The zero-order valence-electron chi connectivity index (χ0n) is 16.5. The summed E-state index contributed by atoms with van der Waals surface area (Å²) in [6.45, 7) is 4.40. The molecule has 0 saturated carbocycles. The number of ether oxygens (including phenoxy) is 2. The lowest BCUT2D eigenvalue weighted by Gasteiger charge is -2.42. The molecule has 2 aliphatic rings. The van der Waals surface area contributed by atoms with Gasteiger partial charge < -0.3 is 24.5 Å². The zero-order chi connectivity index (χ0) is 20.4. The Hall–Kier alpha value is -2.64. The maximum Gasteiger partial charge on any atom is 0.341 e. The number of nitrogens with one attached hydrogen (secondary N) is 1. The largest absolute Gasteiger partial charge is 0.477 e. The first-order valence-electron chi connectivity index (χ1n) is 10.2. The van der Waals surface area contributed by atoms with Gasteiger partial charge in [-0.1, -0.05) is 19.1 Å². The minimum absolute atomic E-state index is 0.0589. The van der Waals surface area contributed by atoms with E-state index in [1.807, 2.05) is 31.2 Å². The van der Waals surface area contributed by atoms with E-state index >= 15 is 0 Å². The van der Waals surface area contributed by atoms with Gasteiger partial charge in [0.15, 0.2) is 6.29 Å². The molecule has 0 radical (unpaired) electrons. The number of rotatable bonds is 6. The number of aromatic nitrogens is 1. The van der Waals surface area contributed by atoms with Crippen LogP contribution in [0.2, 0.25) is 0 Å². The summed E-state index contributed by atoms with van der Waals surface area (Å²) in [5.74, 6) is -1.21. The quantitative estimate of drug-likeness (QED) is 0.777. The van der Waals surface area contributed by atoms with Gasteiger partial charge in [-0.05, 0) is 55.0 Å². The fourth-order valence-corrected chi connectivity index (χ4v) is 3.88. The van der Waals surface area contributed by atoms with Crippen molar-refractivity contribution in [2.24, 2.45) is 0 Å². The Morgan fingerprint density at radius 2 is 2.03 bits per heavy atom. The number of aryl methyl sites for hydroxylation is 1. The first kappa shape index (κ1) is 19.7. The Balaban J connectivity index is 1.43. The molecule has 7 nitrogen and oxygen atoms in total. The first-order chi connectivity index (χ1) is 14.0. The van der Waals surface area contributed by atoms with Crippen molar-refractivity contribution in [3.05, 3.63) is 51.8 Å². The van der Waals surface area contributed by atoms with Crippen LogP contribution in [0.4, 0.5) is 5.69 Å². The number of carbonyl (C=O) groups is 1. The second-order valence-electron chi connectivity index (χ2n) is 7.58. The van der Waals surface area contributed by atoms with Gasteiger partial charge in [-0.2, -0.15) is 0 Å². The standard InChI is InChI=1S/C22H26N2O5/c1-2-14-11-18(22(26)27)21(25)23-20(14)15-6-8-16(9-7-15)24-12-17(13-24)29-19-5-3-4-10-28-19/h6-9,11,17,19H,2-5,10,12-13H2,1H3,(H,23,25)(H,26,27). The topological polar surface area (TPSA) is 91.9 Å². The Bertz CT molecular complexity index is 925. The molecule has 1 unspecified atom stereocenters. The summed E-state index contributed by atoms with van der Waals surface area (Å²) in [5, 5.41) is 9.16. The first-order valence-corrected chi connectivity index (χ1v) is 10.2. The summed E-state index contributed by atoms with van der Waals surface area (Å²) in [7, 11) is 0. The third-order valence-corrected chi connectivity index (χ3v) is 5.59. The lowest BCUT2D eigenvalue weighted by molar-refractivity contribution is -0.191. The van der Waals surface area contributed by atoms with Crippen molar-refractivity contribution < 1.29 is 19.4 Å². The van der Waals surface area contributed by atoms with Crippen LogP contribution < -0.4 is 10.5 Å². The van der Waals surface area contributed by atoms with Gasteiger partial charge >= 0.3 is 5.97 Å². The minimum Gasteiger partial charge on any atom is -0.477 e. The number of aromatic carboxylic acids is 1. The van der Waals surface area contributed by atoms with Gasteiger partial charge in [-0.25, -0.2) is 4.79 Å². The van der Waals surface area contributed by atoms with Gasteiger partial charge in [-0.3, -0.25) is 4.79 Å². The number of hydrogen-bond donors (Lipinski definition) is 2. The smallest absolute Gasteiger partial charge is 0.341 e. The van der Waals surface area contributed by atoms with Gasteiger partial charge in [0, 0.05) is 25.4 Å². The molecule has 1 aromatic carbocycles. The van der Waals surface area contributed by atoms with Crippen LogP contribution in [0.3, 0.4) is 0 Å². The van der Waals surface area contributed by atoms with Crippen LogP contribution in [0.15, 0.2) is 35.1 Å². The Morgan fingerprint density at radius 1 is 1.28 bits per heavy atom. The van der Waals surface area contributed by atoms with Crippen molar-refractivity contribution in [2.45, 2.75) is 45.0 Å². The Kier molecular flexibility index (Phi) is 5.69. The molecule has 3 heterocycles. The molecule has 1 aromatic heterocycles. The second kappa shape index (κ2) is 8.39. The molecular weight excluding hydrogens is 372 g/mol.